The molecule has 2 rings (SSSR count). The third kappa shape index (κ3) is 4.23. The normalized spacial score (nSPS) is 27.7. The molecule has 0 aromatic heterocycles. The van der Waals surface area contributed by atoms with Crippen LogP contribution in [0.3, 0.4) is 0 Å². The quantitative estimate of drug-likeness (QED) is 0.635. The van der Waals surface area contributed by atoms with Crippen molar-refractivity contribution >= 4 is 5.91 Å². The molecule has 2 aliphatic heterocycles. The van der Waals surface area contributed by atoms with Crippen LogP contribution in [0.4, 0.5) is 0 Å². The average molecular weight is 254 g/mol. The zero-order valence-corrected chi connectivity index (χ0v) is 11.4. The van der Waals surface area contributed by atoms with Crippen LogP contribution in [0.1, 0.15) is 26.2 Å². The first-order valence-corrected chi connectivity index (χ1v) is 7.22. The molecule has 0 saturated carbocycles. The topological polar surface area (TPSA) is 56.4 Å². The van der Waals surface area contributed by atoms with Gasteiger partial charge in [-0.2, -0.15) is 0 Å². The largest absolute Gasteiger partial charge is 0.351 e. The van der Waals surface area contributed by atoms with Crippen molar-refractivity contribution < 1.29 is 4.79 Å². The first kappa shape index (κ1) is 13.8. The van der Waals surface area contributed by atoms with Crippen LogP contribution >= 0.6 is 0 Å². The molecule has 0 aromatic rings. The summed E-state index contributed by atoms with van der Waals surface area (Å²) in [5, 5.41) is 9.59. The highest BCUT2D eigenvalue weighted by molar-refractivity contribution is 5.82. The van der Waals surface area contributed by atoms with Crippen LogP contribution in [0, 0.1) is 0 Å². The predicted octanol–water partition coefficient (Wildman–Crippen LogP) is -0.462. The van der Waals surface area contributed by atoms with Crippen molar-refractivity contribution in [2.24, 2.45) is 0 Å². The molecule has 0 aromatic carbocycles. The monoisotopic (exact) mass is 254 g/mol. The van der Waals surface area contributed by atoms with E-state index in [9.17, 15) is 4.79 Å². The Morgan fingerprint density at radius 3 is 2.78 bits per heavy atom. The molecule has 0 radical (unpaired) electrons. The van der Waals surface area contributed by atoms with Crippen LogP contribution in [0.15, 0.2) is 0 Å². The average Bonchev–Trinajstić information content (AvgIpc) is 2.40. The van der Waals surface area contributed by atoms with Gasteiger partial charge in [0.25, 0.3) is 0 Å². The molecule has 5 heteroatoms. The minimum Gasteiger partial charge on any atom is -0.351 e. The Labute approximate surface area is 110 Å². The first-order valence-electron chi connectivity index (χ1n) is 7.22. The van der Waals surface area contributed by atoms with E-state index in [1.54, 1.807) is 0 Å². The lowest BCUT2D eigenvalue weighted by molar-refractivity contribution is -0.124. The molecule has 2 atom stereocenters. The predicted molar refractivity (Wildman–Crippen MR) is 72.6 cm³/mol. The molecule has 1 amide bonds. The fraction of sp³-hybridized carbons (Fsp3) is 0.923. The first-order chi connectivity index (χ1) is 8.75. The van der Waals surface area contributed by atoms with Crippen LogP contribution in [0.25, 0.3) is 0 Å². The molecule has 2 heterocycles. The Bertz CT molecular complexity index is 260. The standard InChI is InChI=1S/C13H26N4O/c1-11(10-17-7-3-2-4-8-17)16-13(18)12-9-14-5-6-15-12/h11-12,14-15H,2-10H2,1H3,(H,16,18). The van der Waals surface area contributed by atoms with E-state index >= 15 is 0 Å². The van der Waals surface area contributed by atoms with Crippen molar-refractivity contribution in [3.05, 3.63) is 0 Å². The molecule has 2 aliphatic rings. The van der Waals surface area contributed by atoms with Crippen LogP contribution in [-0.4, -0.2) is 62.2 Å². The van der Waals surface area contributed by atoms with E-state index in [4.69, 9.17) is 0 Å². The van der Waals surface area contributed by atoms with Gasteiger partial charge in [0.15, 0.2) is 0 Å². The Kier molecular flexibility index (Phi) is 5.41. The maximum absolute atomic E-state index is 12.0. The second kappa shape index (κ2) is 7.07. The van der Waals surface area contributed by atoms with Gasteiger partial charge in [-0.25, -0.2) is 0 Å². The number of amides is 1. The summed E-state index contributed by atoms with van der Waals surface area (Å²) in [5.41, 5.74) is 0. The van der Waals surface area contributed by atoms with E-state index in [2.05, 4.69) is 27.8 Å². The molecule has 18 heavy (non-hydrogen) atoms. The number of carbonyl (C=O) groups excluding carboxylic acids is 1. The summed E-state index contributed by atoms with van der Waals surface area (Å²) in [6, 6.07) is 0.168. The zero-order valence-electron chi connectivity index (χ0n) is 11.4. The SMILES string of the molecule is CC(CN1CCCCC1)NC(=O)C1CNCCN1. The molecular weight excluding hydrogens is 228 g/mol. The Morgan fingerprint density at radius 2 is 2.11 bits per heavy atom. The number of rotatable bonds is 4. The van der Waals surface area contributed by atoms with Crippen molar-refractivity contribution in [2.75, 3.05) is 39.3 Å². The number of hydrogen-bond acceptors (Lipinski definition) is 4. The number of carbonyl (C=O) groups is 1. The van der Waals surface area contributed by atoms with Crippen LogP contribution in [0.5, 0.6) is 0 Å². The van der Waals surface area contributed by atoms with Gasteiger partial charge in [0, 0.05) is 32.2 Å². The van der Waals surface area contributed by atoms with Gasteiger partial charge in [0.1, 0.15) is 0 Å². The van der Waals surface area contributed by atoms with Gasteiger partial charge >= 0.3 is 0 Å². The van der Waals surface area contributed by atoms with Crippen molar-refractivity contribution in [2.45, 2.75) is 38.3 Å². The molecule has 5 nitrogen and oxygen atoms in total. The summed E-state index contributed by atoms with van der Waals surface area (Å²) in [6.07, 6.45) is 3.96. The van der Waals surface area contributed by atoms with Crippen molar-refractivity contribution in [1.29, 1.82) is 0 Å². The molecule has 0 spiro atoms. The van der Waals surface area contributed by atoms with E-state index in [1.165, 1.54) is 32.4 Å². The maximum Gasteiger partial charge on any atom is 0.238 e. The molecule has 2 unspecified atom stereocenters. The molecule has 3 N–H and O–H groups in total. The second-order valence-corrected chi connectivity index (χ2v) is 5.48. The number of nitrogens with one attached hydrogen (secondary N) is 3. The molecule has 2 fully saturated rings. The molecule has 0 bridgehead atoms. The summed E-state index contributed by atoms with van der Waals surface area (Å²) in [6.45, 7) is 8.01. The Hall–Kier alpha value is -0.650. The van der Waals surface area contributed by atoms with E-state index in [0.29, 0.717) is 0 Å². The number of nitrogens with zero attached hydrogens (tertiary/aromatic N) is 1. The molecule has 0 aliphatic carbocycles. The summed E-state index contributed by atoms with van der Waals surface area (Å²) >= 11 is 0. The van der Waals surface area contributed by atoms with Gasteiger partial charge in [0.05, 0.1) is 6.04 Å². The lowest BCUT2D eigenvalue weighted by atomic mass is 10.1. The molecule has 2 saturated heterocycles. The van der Waals surface area contributed by atoms with E-state index in [1.807, 2.05) is 0 Å². The Morgan fingerprint density at radius 1 is 1.33 bits per heavy atom. The highest BCUT2D eigenvalue weighted by Crippen LogP contribution is 2.08. The van der Waals surface area contributed by atoms with Gasteiger partial charge in [-0.05, 0) is 32.9 Å². The summed E-state index contributed by atoms with van der Waals surface area (Å²) in [7, 11) is 0. The summed E-state index contributed by atoms with van der Waals surface area (Å²) in [4.78, 5) is 14.5. The minimum atomic E-state index is -0.0671. The van der Waals surface area contributed by atoms with Crippen molar-refractivity contribution in [1.82, 2.24) is 20.9 Å². The van der Waals surface area contributed by atoms with Gasteiger partial charge in [0.2, 0.25) is 5.91 Å². The fourth-order valence-corrected chi connectivity index (χ4v) is 2.76. The van der Waals surface area contributed by atoms with Gasteiger partial charge in [-0.3, -0.25) is 4.79 Å². The lowest BCUT2D eigenvalue weighted by Gasteiger charge is -2.30. The van der Waals surface area contributed by atoms with Crippen LogP contribution < -0.4 is 16.0 Å². The van der Waals surface area contributed by atoms with E-state index in [-0.39, 0.29) is 18.0 Å². The lowest BCUT2D eigenvalue weighted by Crippen LogP contribution is -2.57. The van der Waals surface area contributed by atoms with Gasteiger partial charge in [-0.15, -0.1) is 0 Å². The molecule has 104 valence electrons. The highest BCUT2D eigenvalue weighted by Gasteiger charge is 2.22. The summed E-state index contributed by atoms with van der Waals surface area (Å²) < 4.78 is 0. The minimum absolute atomic E-state index is 0.0671. The zero-order chi connectivity index (χ0) is 12.8. The maximum atomic E-state index is 12.0. The number of piperazine rings is 1. The van der Waals surface area contributed by atoms with Crippen molar-refractivity contribution in [3.8, 4) is 0 Å². The Balaban J connectivity index is 1.68. The highest BCUT2D eigenvalue weighted by atomic mass is 16.2. The van der Waals surface area contributed by atoms with Crippen molar-refractivity contribution in [3.63, 3.8) is 0 Å². The third-order valence-electron chi connectivity index (χ3n) is 3.73. The number of hydrogen-bond donors (Lipinski definition) is 3. The van der Waals surface area contributed by atoms with Crippen LogP contribution in [0.2, 0.25) is 0 Å². The van der Waals surface area contributed by atoms with Gasteiger partial charge < -0.3 is 20.9 Å². The smallest absolute Gasteiger partial charge is 0.238 e. The second-order valence-electron chi connectivity index (χ2n) is 5.48. The number of likely N-dealkylation sites (tertiary alicyclic amines) is 1. The molecular formula is C13H26N4O. The van der Waals surface area contributed by atoms with E-state index in [0.717, 1.165) is 26.2 Å². The van der Waals surface area contributed by atoms with Gasteiger partial charge in [-0.1, -0.05) is 6.42 Å². The number of piperidine rings is 1. The fourth-order valence-electron chi connectivity index (χ4n) is 2.76. The summed E-state index contributed by atoms with van der Waals surface area (Å²) in [5.74, 6) is 0.131. The van der Waals surface area contributed by atoms with Crippen LogP contribution in [-0.2, 0) is 4.79 Å². The third-order valence-corrected chi connectivity index (χ3v) is 3.73. The van der Waals surface area contributed by atoms with E-state index < -0.39 is 0 Å².